The van der Waals surface area contributed by atoms with Crippen molar-refractivity contribution in [3.05, 3.63) is 77.4 Å². The van der Waals surface area contributed by atoms with Crippen LogP contribution in [0.5, 0.6) is 23.0 Å². The molecule has 0 spiro atoms. The second-order valence-corrected chi connectivity index (χ2v) is 10.9. The summed E-state index contributed by atoms with van der Waals surface area (Å²) < 4.78 is 23.4. The van der Waals surface area contributed by atoms with Crippen LogP contribution in [0.25, 0.3) is 16.0 Å². The second-order valence-electron chi connectivity index (χ2n) is 9.93. The van der Waals surface area contributed by atoms with Gasteiger partial charge in [0.2, 0.25) is 0 Å². The van der Waals surface area contributed by atoms with E-state index in [0.29, 0.717) is 58.0 Å². The lowest BCUT2D eigenvalue weighted by Gasteiger charge is -2.24. The third kappa shape index (κ3) is 6.01. The van der Waals surface area contributed by atoms with E-state index in [9.17, 15) is 14.7 Å². The summed E-state index contributed by atoms with van der Waals surface area (Å²) in [6.45, 7) is 4.95. The Morgan fingerprint density at radius 2 is 1.77 bits per heavy atom. The summed E-state index contributed by atoms with van der Waals surface area (Å²) in [5, 5.41) is 11.9. The van der Waals surface area contributed by atoms with Gasteiger partial charge in [-0.3, -0.25) is 14.5 Å². The van der Waals surface area contributed by atoms with Gasteiger partial charge in [0.15, 0.2) is 16.6 Å². The maximum absolute atomic E-state index is 13.7. The highest BCUT2D eigenvalue weighted by Crippen LogP contribution is 2.46. The fourth-order valence-corrected chi connectivity index (χ4v) is 6.05. The highest BCUT2D eigenvalue weighted by Gasteiger charge is 2.48. The molecule has 5 rings (SSSR count). The van der Waals surface area contributed by atoms with Gasteiger partial charge < -0.3 is 24.1 Å². The number of carbonyl (C=O) groups excluding carboxylic acids is 2. The molecule has 1 saturated heterocycles. The van der Waals surface area contributed by atoms with E-state index in [-0.39, 0.29) is 11.3 Å². The fourth-order valence-electron chi connectivity index (χ4n) is 5.03. The number of methoxy groups -OCH3 is 2. The minimum absolute atomic E-state index is 0.0610. The molecule has 1 unspecified atom stereocenters. The summed E-state index contributed by atoms with van der Waals surface area (Å²) in [5.41, 5.74) is 1.50. The van der Waals surface area contributed by atoms with Crippen LogP contribution in [-0.4, -0.2) is 49.2 Å². The van der Waals surface area contributed by atoms with Crippen molar-refractivity contribution in [1.29, 1.82) is 0 Å². The molecule has 1 atom stereocenters. The molecule has 3 aromatic carbocycles. The third-order valence-corrected chi connectivity index (χ3v) is 8.18. The molecule has 2 heterocycles. The molecule has 43 heavy (non-hydrogen) atoms. The lowest BCUT2D eigenvalue weighted by molar-refractivity contribution is -0.132. The number of anilines is 1. The number of aliphatic hydroxyl groups excluding tert-OH is 1. The molecule has 1 aliphatic rings. The van der Waals surface area contributed by atoms with Crippen molar-refractivity contribution in [2.24, 2.45) is 0 Å². The van der Waals surface area contributed by atoms with Crippen molar-refractivity contribution in [3.63, 3.8) is 0 Å². The number of hydrogen-bond acceptors (Lipinski definition) is 9. The van der Waals surface area contributed by atoms with Crippen LogP contribution in [0.4, 0.5) is 5.13 Å². The second kappa shape index (κ2) is 13.2. The highest BCUT2D eigenvalue weighted by molar-refractivity contribution is 7.22. The summed E-state index contributed by atoms with van der Waals surface area (Å²) in [7, 11) is 3.11. The van der Waals surface area contributed by atoms with E-state index in [0.717, 1.165) is 24.0 Å². The maximum Gasteiger partial charge on any atom is 0.301 e. The Balaban J connectivity index is 1.65. The van der Waals surface area contributed by atoms with Gasteiger partial charge in [-0.25, -0.2) is 4.98 Å². The number of amides is 1. The summed E-state index contributed by atoms with van der Waals surface area (Å²) in [6, 6.07) is 16.5. The first-order chi connectivity index (χ1) is 20.9. The molecular weight excluding hydrogens is 568 g/mol. The van der Waals surface area contributed by atoms with Crippen LogP contribution in [0, 0.1) is 0 Å². The number of ketones is 1. The fraction of sp³-hybridized carbons (Fsp3) is 0.303. The molecule has 1 N–H and O–H groups in total. The Bertz CT molecular complexity index is 1680. The third-order valence-electron chi connectivity index (χ3n) is 7.16. The molecule has 9 nitrogen and oxygen atoms in total. The maximum atomic E-state index is 13.7. The lowest BCUT2D eigenvalue weighted by atomic mass is 9.95. The Kier molecular flexibility index (Phi) is 9.16. The van der Waals surface area contributed by atoms with Crippen LogP contribution in [0.2, 0.25) is 0 Å². The summed E-state index contributed by atoms with van der Waals surface area (Å²) in [4.78, 5) is 33.5. The smallest absolute Gasteiger partial charge is 0.301 e. The van der Waals surface area contributed by atoms with Crippen LogP contribution in [0.15, 0.2) is 66.2 Å². The summed E-state index contributed by atoms with van der Waals surface area (Å²) >= 11 is 1.26. The molecular formula is C33H34N2O7S. The van der Waals surface area contributed by atoms with Gasteiger partial charge in [0.1, 0.15) is 17.3 Å². The predicted octanol–water partition coefficient (Wildman–Crippen LogP) is 6.91. The molecule has 4 aromatic rings. The van der Waals surface area contributed by atoms with Gasteiger partial charge in [-0.2, -0.15) is 0 Å². The van der Waals surface area contributed by atoms with Crippen LogP contribution >= 0.6 is 11.3 Å². The van der Waals surface area contributed by atoms with E-state index in [4.69, 9.17) is 18.9 Å². The van der Waals surface area contributed by atoms with E-state index in [1.807, 2.05) is 13.0 Å². The van der Waals surface area contributed by atoms with Gasteiger partial charge in [-0.1, -0.05) is 49.3 Å². The first-order valence-electron chi connectivity index (χ1n) is 14.2. The van der Waals surface area contributed by atoms with Gasteiger partial charge in [0, 0.05) is 5.56 Å². The number of thiazole rings is 1. The minimum atomic E-state index is -0.985. The zero-order valence-electron chi connectivity index (χ0n) is 24.6. The molecule has 1 fully saturated rings. The molecule has 1 aliphatic heterocycles. The van der Waals surface area contributed by atoms with Gasteiger partial charge in [0.05, 0.1) is 49.3 Å². The normalized spacial score (nSPS) is 16.1. The summed E-state index contributed by atoms with van der Waals surface area (Å²) in [5.74, 6) is 0.257. The van der Waals surface area contributed by atoms with Crippen molar-refractivity contribution >= 4 is 44.1 Å². The van der Waals surface area contributed by atoms with E-state index in [2.05, 4.69) is 11.9 Å². The average molecular weight is 603 g/mol. The number of unbranched alkanes of at least 4 members (excludes halogenated alkanes) is 2. The van der Waals surface area contributed by atoms with Gasteiger partial charge in [-0.05, 0) is 61.4 Å². The van der Waals surface area contributed by atoms with Crippen molar-refractivity contribution in [3.8, 4) is 23.0 Å². The number of ether oxygens (including phenoxy) is 4. The number of aliphatic hydroxyl groups is 1. The number of Topliss-reactive ketones (excluding diaryl/α,β-unsaturated/α-hetero) is 1. The molecule has 10 heteroatoms. The Morgan fingerprint density at radius 1 is 0.930 bits per heavy atom. The SMILES string of the molecule is CCCCCOc1ccc(C2C(=C(O)c3cccc(OCC)c3)C(=O)C(=O)N2c2nc3ccc(OC)cc3s2)cc1OC. The zero-order valence-corrected chi connectivity index (χ0v) is 25.4. The Morgan fingerprint density at radius 3 is 2.51 bits per heavy atom. The lowest BCUT2D eigenvalue weighted by Crippen LogP contribution is -2.29. The zero-order chi connectivity index (χ0) is 30.5. The highest BCUT2D eigenvalue weighted by atomic mass is 32.1. The van der Waals surface area contributed by atoms with Gasteiger partial charge >= 0.3 is 5.91 Å². The predicted molar refractivity (Wildman–Crippen MR) is 167 cm³/mol. The topological polar surface area (TPSA) is 107 Å². The number of fused-ring (bicyclic) bond motifs is 1. The van der Waals surface area contributed by atoms with Crippen LogP contribution < -0.4 is 23.8 Å². The van der Waals surface area contributed by atoms with Crippen LogP contribution in [0.1, 0.15) is 50.3 Å². The van der Waals surface area contributed by atoms with Crippen LogP contribution in [-0.2, 0) is 9.59 Å². The number of carbonyl (C=O) groups is 2. The number of aromatic nitrogens is 1. The van der Waals surface area contributed by atoms with E-state index in [1.165, 1.54) is 23.3 Å². The van der Waals surface area contributed by atoms with Gasteiger partial charge in [0.25, 0.3) is 5.78 Å². The van der Waals surface area contributed by atoms with Crippen molar-refractivity contribution in [2.45, 2.75) is 39.2 Å². The summed E-state index contributed by atoms with van der Waals surface area (Å²) in [6.07, 6.45) is 3.03. The van der Waals surface area contributed by atoms with E-state index >= 15 is 0 Å². The molecule has 1 aromatic heterocycles. The number of benzene rings is 3. The van der Waals surface area contributed by atoms with E-state index in [1.54, 1.807) is 61.7 Å². The minimum Gasteiger partial charge on any atom is -0.507 e. The quantitative estimate of drug-likeness (QED) is 0.0807. The van der Waals surface area contributed by atoms with Crippen molar-refractivity contribution in [2.75, 3.05) is 32.3 Å². The monoisotopic (exact) mass is 602 g/mol. The van der Waals surface area contributed by atoms with E-state index < -0.39 is 17.7 Å². The average Bonchev–Trinajstić information content (AvgIpc) is 3.56. The standard InChI is InChI=1S/C33H34N2O7S/c1-5-7-8-16-42-25-15-12-20(18-26(25)40-4)29-28(30(36)21-10-9-11-23(17-21)41-6-2)31(37)32(38)35(29)33-34-24-14-13-22(39-3)19-27(24)43-33/h9-15,17-19,29,36H,5-8,16H2,1-4H3. The first kappa shape index (κ1) is 29.9. The number of hydrogen-bond donors (Lipinski definition) is 1. The van der Waals surface area contributed by atoms with Crippen molar-refractivity contribution in [1.82, 2.24) is 4.98 Å². The van der Waals surface area contributed by atoms with Crippen LogP contribution in [0.3, 0.4) is 0 Å². The number of rotatable bonds is 12. The molecule has 0 saturated carbocycles. The molecule has 0 aliphatic carbocycles. The number of nitrogens with zero attached hydrogens (tertiary/aromatic N) is 2. The largest absolute Gasteiger partial charge is 0.507 e. The molecule has 0 radical (unpaired) electrons. The Hall–Kier alpha value is -4.57. The molecule has 224 valence electrons. The van der Waals surface area contributed by atoms with Crippen molar-refractivity contribution < 1.29 is 33.6 Å². The van der Waals surface area contributed by atoms with Gasteiger partial charge in [-0.15, -0.1) is 0 Å². The molecule has 1 amide bonds. The first-order valence-corrected chi connectivity index (χ1v) is 15.0. The molecule has 0 bridgehead atoms. The Labute approximate surface area is 254 Å².